The van der Waals surface area contributed by atoms with Crippen LogP contribution in [-0.2, 0) is 0 Å². The Morgan fingerprint density at radius 2 is 2.00 bits per heavy atom. The maximum Gasteiger partial charge on any atom is 0.339 e. The molecular formula is C14H16N2O3. The van der Waals surface area contributed by atoms with Crippen LogP contribution in [0.4, 0.5) is 0 Å². The molecule has 1 heterocycles. The third kappa shape index (κ3) is 2.19. The maximum atomic E-state index is 11.4. The van der Waals surface area contributed by atoms with Gasteiger partial charge in [-0.3, -0.25) is 5.10 Å². The zero-order valence-corrected chi connectivity index (χ0v) is 11.4. The normalized spacial score (nSPS) is 10.5. The van der Waals surface area contributed by atoms with E-state index < -0.39 is 5.97 Å². The summed E-state index contributed by atoms with van der Waals surface area (Å²) in [5.74, 6) is -0.366. The number of aromatic amines is 1. The van der Waals surface area contributed by atoms with E-state index >= 15 is 0 Å². The highest BCUT2D eigenvalue weighted by molar-refractivity contribution is 5.97. The van der Waals surface area contributed by atoms with Crippen LogP contribution in [0.25, 0.3) is 11.3 Å². The minimum atomic E-state index is -0.997. The average molecular weight is 260 g/mol. The number of benzene rings is 1. The Kier molecular flexibility index (Phi) is 3.29. The van der Waals surface area contributed by atoms with E-state index in [0.717, 1.165) is 16.7 Å². The van der Waals surface area contributed by atoms with Crippen molar-refractivity contribution in [3.05, 3.63) is 34.5 Å². The number of carbonyl (C=O) groups is 1. The predicted octanol–water partition coefficient (Wildman–Crippen LogP) is 2.71. The summed E-state index contributed by atoms with van der Waals surface area (Å²) in [4.78, 5) is 11.4. The topological polar surface area (TPSA) is 75.2 Å². The molecule has 0 radical (unpaired) electrons. The number of nitrogens with zero attached hydrogens (tertiary/aromatic N) is 1. The van der Waals surface area contributed by atoms with E-state index in [0.29, 0.717) is 17.1 Å². The van der Waals surface area contributed by atoms with Gasteiger partial charge in [0.25, 0.3) is 0 Å². The number of ether oxygens (including phenoxy) is 1. The molecule has 0 bridgehead atoms. The maximum absolute atomic E-state index is 11.4. The molecule has 1 aromatic heterocycles. The fraction of sp³-hybridized carbons (Fsp3) is 0.286. The highest BCUT2D eigenvalue weighted by Gasteiger charge is 2.22. The third-order valence-electron chi connectivity index (χ3n) is 3.06. The highest BCUT2D eigenvalue weighted by atomic mass is 16.5. The summed E-state index contributed by atoms with van der Waals surface area (Å²) in [6.45, 7) is 5.57. The lowest BCUT2D eigenvalue weighted by Crippen LogP contribution is -2.01. The van der Waals surface area contributed by atoms with Crippen LogP contribution in [0.1, 0.15) is 27.2 Å². The summed E-state index contributed by atoms with van der Waals surface area (Å²) < 4.78 is 5.36. The van der Waals surface area contributed by atoms with Crippen molar-refractivity contribution in [2.24, 2.45) is 0 Å². The number of H-pyrrole nitrogens is 1. The molecule has 100 valence electrons. The number of carboxylic acids is 1. The van der Waals surface area contributed by atoms with Gasteiger partial charge in [0.15, 0.2) is 0 Å². The molecule has 19 heavy (non-hydrogen) atoms. The molecule has 0 aliphatic carbocycles. The molecule has 0 atom stereocenters. The number of aromatic carboxylic acids is 1. The molecule has 0 fully saturated rings. The fourth-order valence-corrected chi connectivity index (χ4v) is 2.26. The molecule has 0 spiro atoms. The minimum Gasteiger partial charge on any atom is -0.496 e. The Bertz CT molecular complexity index is 644. The predicted molar refractivity (Wildman–Crippen MR) is 71.7 cm³/mol. The zero-order chi connectivity index (χ0) is 14.2. The van der Waals surface area contributed by atoms with Gasteiger partial charge < -0.3 is 9.84 Å². The van der Waals surface area contributed by atoms with Crippen LogP contribution in [0.15, 0.2) is 12.1 Å². The molecule has 0 aliphatic heterocycles. The largest absolute Gasteiger partial charge is 0.496 e. The van der Waals surface area contributed by atoms with Gasteiger partial charge in [-0.1, -0.05) is 6.07 Å². The number of nitrogens with one attached hydrogen (secondary N) is 1. The Morgan fingerprint density at radius 1 is 1.32 bits per heavy atom. The number of aromatic nitrogens is 2. The molecule has 2 N–H and O–H groups in total. The monoisotopic (exact) mass is 260 g/mol. The molecule has 0 saturated heterocycles. The smallest absolute Gasteiger partial charge is 0.339 e. The Hall–Kier alpha value is -2.30. The average Bonchev–Trinajstić information content (AvgIpc) is 2.69. The minimum absolute atomic E-state index is 0.185. The highest BCUT2D eigenvalue weighted by Crippen LogP contribution is 2.35. The molecule has 2 rings (SSSR count). The van der Waals surface area contributed by atoms with Crippen LogP contribution < -0.4 is 4.74 Å². The van der Waals surface area contributed by atoms with E-state index in [4.69, 9.17) is 4.74 Å². The second kappa shape index (κ2) is 4.76. The van der Waals surface area contributed by atoms with Gasteiger partial charge in [0, 0.05) is 11.3 Å². The second-order valence-electron chi connectivity index (χ2n) is 4.54. The lowest BCUT2D eigenvalue weighted by molar-refractivity contribution is 0.0697. The van der Waals surface area contributed by atoms with Crippen molar-refractivity contribution in [1.82, 2.24) is 10.2 Å². The van der Waals surface area contributed by atoms with Gasteiger partial charge in [-0.15, -0.1) is 0 Å². The molecule has 0 amide bonds. The van der Waals surface area contributed by atoms with E-state index in [1.54, 1.807) is 14.0 Å². The number of rotatable bonds is 3. The fourth-order valence-electron chi connectivity index (χ4n) is 2.26. The second-order valence-corrected chi connectivity index (χ2v) is 4.54. The van der Waals surface area contributed by atoms with Gasteiger partial charge >= 0.3 is 5.97 Å². The van der Waals surface area contributed by atoms with Crippen molar-refractivity contribution in [3.8, 4) is 17.0 Å². The summed E-state index contributed by atoms with van der Waals surface area (Å²) >= 11 is 0. The van der Waals surface area contributed by atoms with Gasteiger partial charge in [0.05, 0.1) is 7.11 Å². The van der Waals surface area contributed by atoms with Crippen LogP contribution in [0, 0.1) is 20.8 Å². The molecule has 5 nitrogen and oxygen atoms in total. The first-order valence-corrected chi connectivity index (χ1v) is 5.89. The lowest BCUT2D eigenvalue weighted by atomic mass is 9.98. The SMILES string of the molecule is COc1cc(C)cc(C)c1-c1n[nH]c(C)c1C(=O)O. The molecule has 5 heteroatoms. The van der Waals surface area contributed by atoms with E-state index in [-0.39, 0.29) is 5.56 Å². The molecule has 0 saturated carbocycles. The molecule has 2 aromatic rings. The molecule has 1 aromatic carbocycles. The van der Waals surface area contributed by atoms with Crippen LogP contribution in [0.5, 0.6) is 5.75 Å². The van der Waals surface area contributed by atoms with Crippen molar-refractivity contribution < 1.29 is 14.6 Å². The number of methoxy groups -OCH3 is 1. The summed E-state index contributed by atoms with van der Waals surface area (Å²) in [7, 11) is 1.57. The summed E-state index contributed by atoms with van der Waals surface area (Å²) in [5.41, 5.74) is 3.84. The Balaban J connectivity index is 2.76. The van der Waals surface area contributed by atoms with Crippen molar-refractivity contribution in [3.63, 3.8) is 0 Å². The van der Waals surface area contributed by atoms with Crippen molar-refractivity contribution >= 4 is 5.97 Å². The summed E-state index contributed by atoms with van der Waals surface area (Å²) in [6.07, 6.45) is 0. The summed E-state index contributed by atoms with van der Waals surface area (Å²) in [5, 5.41) is 16.1. The van der Waals surface area contributed by atoms with Crippen LogP contribution >= 0.6 is 0 Å². The Labute approximate surface area is 111 Å². The van der Waals surface area contributed by atoms with Crippen LogP contribution in [-0.4, -0.2) is 28.4 Å². The first-order chi connectivity index (χ1) is 8.95. The number of hydrogen-bond donors (Lipinski definition) is 2. The number of aryl methyl sites for hydroxylation is 3. The van der Waals surface area contributed by atoms with Gasteiger partial charge in [-0.25, -0.2) is 4.79 Å². The standard InChI is InChI=1S/C14H16N2O3/c1-7-5-8(2)11(10(6-7)19-4)13-12(14(17)18)9(3)15-16-13/h5-6H,1-4H3,(H,15,16)(H,17,18). The zero-order valence-electron chi connectivity index (χ0n) is 11.4. The molecule has 0 aliphatic rings. The quantitative estimate of drug-likeness (QED) is 0.889. The van der Waals surface area contributed by atoms with Crippen molar-refractivity contribution in [1.29, 1.82) is 0 Å². The van der Waals surface area contributed by atoms with Crippen LogP contribution in [0.3, 0.4) is 0 Å². The van der Waals surface area contributed by atoms with Crippen LogP contribution in [0.2, 0.25) is 0 Å². The number of carboxylic acid groups (broad SMARTS) is 1. The first kappa shape index (κ1) is 13.1. The van der Waals surface area contributed by atoms with Gasteiger partial charge in [0.2, 0.25) is 0 Å². The van der Waals surface area contributed by atoms with Gasteiger partial charge in [0.1, 0.15) is 17.0 Å². The molecule has 0 unspecified atom stereocenters. The number of hydrogen-bond acceptors (Lipinski definition) is 3. The van der Waals surface area contributed by atoms with E-state index in [2.05, 4.69) is 10.2 Å². The Morgan fingerprint density at radius 3 is 2.58 bits per heavy atom. The lowest BCUT2D eigenvalue weighted by Gasteiger charge is -2.12. The van der Waals surface area contributed by atoms with E-state index in [1.165, 1.54) is 0 Å². The summed E-state index contributed by atoms with van der Waals surface area (Å²) in [6, 6.07) is 3.85. The van der Waals surface area contributed by atoms with E-state index in [9.17, 15) is 9.90 Å². The van der Waals surface area contributed by atoms with Crippen molar-refractivity contribution in [2.45, 2.75) is 20.8 Å². The van der Waals surface area contributed by atoms with Gasteiger partial charge in [-0.2, -0.15) is 5.10 Å². The van der Waals surface area contributed by atoms with Gasteiger partial charge in [-0.05, 0) is 38.0 Å². The third-order valence-corrected chi connectivity index (χ3v) is 3.06. The first-order valence-electron chi connectivity index (χ1n) is 5.89. The van der Waals surface area contributed by atoms with E-state index in [1.807, 2.05) is 26.0 Å². The molecular weight excluding hydrogens is 244 g/mol. The van der Waals surface area contributed by atoms with Crippen molar-refractivity contribution in [2.75, 3.05) is 7.11 Å².